The molecular weight excluding hydrogens is 442 g/mol. The summed E-state index contributed by atoms with van der Waals surface area (Å²) in [5.41, 5.74) is 4.04. The van der Waals surface area contributed by atoms with Gasteiger partial charge in [-0.3, -0.25) is 14.5 Å². The predicted octanol–water partition coefficient (Wildman–Crippen LogP) is 4.89. The van der Waals surface area contributed by atoms with Crippen molar-refractivity contribution in [2.24, 2.45) is 5.41 Å². The lowest BCUT2D eigenvalue weighted by molar-refractivity contribution is -0.134. The van der Waals surface area contributed by atoms with Crippen molar-refractivity contribution in [1.82, 2.24) is 14.7 Å². The lowest BCUT2D eigenvalue weighted by Gasteiger charge is -2.37. The van der Waals surface area contributed by atoms with Crippen molar-refractivity contribution in [2.75, 3.05) is 39.3 Å². The Balaban J connectivity index is 1.38. The predicted molar refractivity (Wildman–Crippen MR) is 139 cm³/mol. The molecule has 1 aromatic heterocycles. The standard InChI is InChI=1S/C28H39N3O2S/c1-21-8-5-6-9-22(21)27-23-12-19-34-24(23)10-15-31(27)16-11-25(32)29-13-7-14-30(18-17-29)26(33)20-28(2,3)4/h5-6,8-9,12,19,27H,7,10-11,13-18,20H2,1-4H3. The van der Waals surface area contributed by atoms with Crippen LogP contribution < -0.4 is 0 Å². The third kappa shape index (κ3) is 5.89. The molecule has 2 aliphatic heterocycles. The maximum absolute atomic E-state index is 13.2. The molecule has 1 aromatic carbocycles. The van der Waals surface area contributed by atoms with Gasteiger partial charge in [0.1, 0.15) is 0 Å². The summed E-state index contributed by atoms with van der Waals surface area (Å²) < 4.78 is 0. The van der Waals surface area contributed by atoms with Gasteiger partial charge in [0.2, 0.25) is 11.8 Å². The van der Waals surface area contributed by atoms with Crippen LogP contribution in [-0.2, 0) is 16.0 Å². The summed E-state index contributed by atoms with van der Waals surface area (Å²) in [5.74, 6) is 0.424. The van der Waals surface area contributed by atoms with Gasteiger partial charge in [-0.15, -0.1) is 11.3 Å². The molecule has 0 N–H and O–H groups in total. The molecule has 0 bridgehead atoms. The zero-order valence-corrected chi connectivity index (χ0v) is 22.0. The number of thiophene rings is 1. The quantitative estimate of drug-likeness (QED) is 0.611. The summed E-state index contributed by atoms with van der Waals surface area (Å²) in [5, 5.41) is 2.20. The fourth-order valence-corrected chi connectivity index (χ4v) is 6.15. The highest BCUT2D eigenvalue weighted by Gasteiger charge is 2.31. The van der Waals surface area contributed by atoms with Gasteiger partial charge in [0.15, 0.2) is 0 Å². The van der Waals surface area contributed by atoms with Crippen molar-refractivity contribution < 1.29 is 9.59 Å². The molecule has 0 radical (unpaired) electrons. The van der Waals surface area contributed by atoms with Crippen LogP contribution in [0.1, 0.15) is 67.6 Å². The largest absolute Gasteiger partial charge is 0.341 e. The van der Waals surface area contributed by atoms with Crippen molar-refractivity contribution in [3.8, 4) is 0 Å². The van der Waals surface area contributed by atoms with Gasteiger partial charge >= 0.3 is 0 Å². The summed E-state index contributed by atoms with van der Waals surface area (Å²) in [4.78, 5) is 33.8. The van der Waals surface area contributed by atoms with Crippen LogP contribution in [0.15, 0.2) is 35.7 Å². The number of aryl methyl sites for hydroxylation is 1. The number of nitrogens with zero attached hydrogens (tertiary/aromatic N) is 3. The Bertz CT molecular complexity index is 1010. The molecule has 6 heteroatoms. The van der Waals surface area contributed by atoms with E-state index in [1.165, 1.54) is 21.6 Å². The van der Waals surface area contributed by atoms with E-state index < -0.39 is 0 Å². The fraction of sp³-hybridized carbons (Fsp3) is 0.571. The minimum atomic E-state index is -0.0106. The normalized spacial score (nSPS) is 19.6. The molecule has 4 rings (SSSR count). The third-order valence-corrected chi connectivity index (χ3v) is 8.04. The van der Waals surface area contributed by atoms with Crippen LogP contribution >= 0.6 is 11.3 Å². The third-order valence-electron chi connectivity index (χ3n) is 7.04. The number of carbonyl (C=O) groups is 2. The second kappa shape index (κ2) is 10.6. The minimum Gasteiger partial charge on any atom is -0.341 e. The molecule has 3 heterocycles. The second-order valence-electron chi connectivity index (χ2n) is 10.9. The molecule has 34 heavy (non-hydrogen) atoms. The molecule has 1 saturated heterocycles. The van der Waals surface area contributed by atoms with Crippen LogP contribution in [0.2, 0.25) is 0 Å². The highest BCUT2D eigenvalue weighted by atomic mass is 32.1. The van der Waals surface area contributed by atoms with Crippen LogP contribution in [0.5, 0.6) is 0 Å². The zero-order chi connectivity index (χ0) is 24.3. The number of amides is 2. The van der Waals surface area contributed by atoms with Crippen molar-refractivity contribution in [3.05, 3.63) is 57.3 Å². The molecular formula is C28H39N3O2S. The van der Waals surface area contributed by atoms with Crippen LogP contribution in [0.3, 0.4) is 0 Å². The molecule has 0 saturated carbocycles. The number of fused-ring (bicyclic) bond motifs is 1. The van der Waals surface area contributed by atoms with Gasteiger partial charge in [-0.1, -0.05) is 45.0 Å². The Morgan fingerprint density at radius 1 is 0.941 bits per heavy atom. The summed E-state index contributed by atoms with van der Waals surface area (Å²) in [6, 6.07) is 11.1. The number of carbonyl (C=O) groups excluding carboxylic acids is 2. The van der Waals surface area contributed by atoms with E-state index in [1.54, 1.807) is 0 Å². The second-order valence-corrected chi connectivity index (χ2v) is 11.9. The molecule has 2 amide bonds. The van der Waals surface area contributed by atoms with E-state index in [1.807, 2.05) is 21.1 Å². The average Bonchev–Trinajstić information content (AvgIpc) is 3.12. The summed E-state index contributed by atoms with van der Waals surface area (Å²) >= 11 is 1.85. The van der Waals surface area contributed by atoms with E-state index in [4.69, 9.17) is 0 Å². The first-order chi connectivity index (χ1) is 16.2. The Hall–Kier alpha value is -2.18. The number of hydrogen-bond donors (Lipinski definition) is 0. The van der Waals surface area contributed by atoms with Gasteiger partial charge < -0.3 is 9.80 Å². The molecule has 5 nitrogen and oxygen atoms in total. The molecule has 1 atom stereocenters. The smallest absolute Gasteiger partial charge is 0.223 e. The molecule has 1 unspecified atom stereocenters. The van der Waals surface area contributed by atoms with Gasteiger partial charge in [0.25, 0.3) is 0 Å². The summed E-state index contributed by atoms with van der Waals surface area (Å²) in [6.07, 6.45) is 2.99. The van der Waals surface area contributed by atoms with E-state index in [-0.39, 0.29) is 23.3 Å². The van der Waals surface area contributed by atoms with E-state index in [2.05, 4.69) is 68.3 Å². The topological polar surface area (TPSA) is 43.9 Å². The van der Waals surface area contributed by atoms with Gasteiger partial charge in [-0.25, -0.2) is 0 Å². The summed E-state index contributed by atoms with van der Waals surface area (Å²) in [7, 11) is 0. The highest BCUT2D eigenvalue weighted by molar-refractivity contribution is 7.10. The van der Waals surface area contributed by atoms with E-state index in [0.717, 1.165) is 39.0 Å². The van der Waals surface area contributed by atoms with Crippen molar-refractivity contribution in [3.63, 3.8) is 0 Å². The summed E-state index contributed by atoms with van der Waals surface area (Å²) in [6.45, 7) is 13.0. The maximum Gasteiger partial charge on any atom is 0.223 e. The van der Waals surface area contributed by atoms with Crippen LogP contribution in [-0.4, -0.2) is 65.8 Å². The van der Waals surface area contributed by atoms with Crippen molar-refractivity contribution in [2.45, 2.75) is 59.4 Å². The molecule has 0 aliphatic carbocycles. The van der Waals surface area contributed by atoms with Crippen LogP contribution in [0.4, 0.5) is 0 Å². The van der Waals surface area contributed by atoms with E-state index >= 15 is 0 Å². The first-order valence-electron chi connectivity index (χ1n) is 12.6. The fourth-order valence-electron chi connectivity index (χ4n) is 5.25. The highest BCUT2D eigenvalue weighted by Crippen LogP contribution is 2.38. The molecule has 1 fully saturated rings. The Labute approximate surface area is 208 Å². The van der Waals surface area contributed by atoms with E-state index in [0.29, 0.717) is 25.9 Å². The van der Waals surface area contributed by atoms with Crippen molar-refractivity contribution in [1.29, 1.82) is 0 Å². The maximum atomic E-state index is 13.2. The average molecular weight is 482 g/mol. The zero-order valence-electron chi connectivity index (χ0n) is 21.2. The van der Waals surface area contributed by atoms with Gasteiger partial charge in [0, 0.05) is 57.0 Å². The Kier molecular flexibility index (Phi) is 7.78. The van der Waals surface area contributed by atoms with Crippen LogP contribution in [0.25, 0.3) is 0 Å². The number of benzene rings is 1. The number of hydrogen-bond acceptors (Lipinski definition) is 4. The van der Waals surface area contributed by atoms with Crippen LogP contribution in [0, 0.1) is 12.3 Å². The molecule has 2 aliphatic rings. The lowest BCUT2D eigenvalue weighted by Crippen LogP contribution is -2.41. The first-order valence-corrected chi connectivity index (χ1v) is 13.5. The molecule has 184 valence electrons. The molecule has 0 spiro atoms. The van der Waals surface area contributed by atoms with Gasteiger partial charge in [0.05, 0.1) is 6.04 Å². The van der Waals surface area contributed by atoms with Crippen molar-refractivity contribution >= 4 is 23.2 Å². The SMILES string of the molecule is Cc1ccccc1C1c2ccsc2CCN1CCC(=O)N1CCCN(C(=O)CC(C)(C)C)CC1. The first kappa shape index (κ1) is 24.9. The van der Waals surface area contributed by atoms with Gasteiger partial charge in [-0.05, 0) is 53.3 Å². The molecule has 2 aromatic rings. The minimum absolute atomic E-state index is 0.0106. The monoisotopic (exact) mass is 481 g/mol. The van der Waals surface area contributed by atoms with Gasteiger partial charge in [-0.2, -0.15) is 0 Å². The Morgan fingerprint density at radius 3 is 2.35 bits per heavy atom. The Morgan fingerprint density at radius 2 is 1.65 bits per heavy atom. The number of rotatable bonds is 5. The van der Waals surface area contributed by atoms with E-state index in [9.17, 15) is 9.59 Å². The lowest BCUT2D eigenvalue weighted by atomic mass is 9.90.